The molecule has 3 N–H and O–H groups in total. The number of primary amides is 1. The van der Waals surface area contributed by atoms with E-state index in [9.17, 15) is 4.79 Å². The Kier molecular flexibility index (Phi) is 3.22. The van der Waals surface area contributed by atoms with Crippen molar-refractivity contribution >= 4 is 11.5 Å². The van der Waals surface area contributed by atoms with Gasteiger partial charge in [0.2, 0.25) is 0 Å². The highest BCUT2D eigenvalue weighted by molar-refractivity contribution is 6.00. The molecule has 3 heterocycles. The maximum absolute atomic E-state index is 11.9. The predicted molar refractivity (Wildman–Crippen MR) is 96.7 cm³/mol. The molecule has 0 aromatic heterocycles. The van der Waals surface area contributed by atoms with Crippen molar-refractivity contribution in [2.45, 2.75) is 37.8 Å². The summed E-state index contributed by atoms with van der Waals surface area (Å²) in [6.45, 7) is 0. The van der Waals surface area contributed by atoms with E-state index >= 15 is 0 Å². The average molecular weight is 332 g/mol. The molecule has 1 amide bonds. The Balaban J connectivity index is 1.77. The number of nitrogens with one attached hydrogen (secondary N) is 1. The van der Waals surface area contributed by atoms with Crippen LogP contribution in [0.3, 0.4) is 0 Å². The molecule has 2 aromatic carbocycles. The van der Waals surface area contributed by atoms with E-state index in [1.54, 1.807) is 6.07 Å². The summed E-state index contributed by atoms with van der Waals surface area (Å²) in [5.41, 5.74) is 10.8. The van der Waals surface area contributed by atoms with Crippen LogP contribution in [0.15, 0.2) is 48.0 Å². The summed E-state index contributed by atoms with van der Waals surface area (Å²) < 4.78 is 6.11. The second-order valence-corrected chi connectivity index (χ2v) is 7.17. The van der Waals surface area contributed by atoms with Gasteiger partial charge in [0.1, 0.15) is 11.5 Å². The fourth-order valence-electron chi connectivity index (χ4n) is 4.54. The fraction of sp³-hybridized carbons (Fsp3) is 0.286. The van der Waals surface area contributed by atoms with E-state index in [1.807, 2.05) is 30.3 Å². The number of benzene rings is 2. The van der Waals surface area contributed by atoms with Gasteiger partial charge in [0.15, 0.2) is 0 Å². The van der Waals surface area contributed by atoms with Crippen LogP contribution in [0.2, 0.25) is 0 Å². The summed E-state index contributed by atoms with van der Waals surface area (Å²) in [5, 5.41) is 3.70. The Morgan fingerprint density at radius 1 is 1.00 bits per heavy atom. The van der Waals surface area contributed by atoms with Crippen LogP contribution in [-0.2, 0) is 0 Å². The first-order chi connectivity index (χ1) is 12.2. The maximum atomic E-state index is 11.9. The van der Waals surface area contributed by atoms with Crippen LogP contribution >= 0.6 is 0 Å². The van der Waals surface area contributed by atoms with Gasteiger partial charge < -0.3 is 15.8 Å². The van der Waals surface area contributed by atoms with Gasteiger partial charge in [-0.05, 0) is 43.4 Å². The third-order valence-corrected chi connectivity index (χ3v) is 5.59. The first-order valence-electron chi connectivity index (χ1n) is 8.89. The van der Waals surface area contributed by atoms with E-state index in [4.69, 9.17) is 10.5 Å². The lowest BCUT2D eigenvalue weighted by atomic mass is 9.84. The number of piperidine rings is 1. The summed E-state index contributed by atoms with van der Waals surface area (Å²) in [6.07, 6.45) is 4.60. The quantitative estimate of drug-likeness (QED) is 0.715. The molecule has 0 saturated carbocycles. The monoisotopic (exact) mass is 332 g/mol. The third kappa shape index (κ3) is 2.29. The number of nitrogens with two attached hydrogens (primary N) is 1. The summed E-state index contributed by atoms with van der Waals surface area (Å²) >= 11 is 0. The lowest BCUT2D eigenvalue weighted by Gasteiger charge is -2.31. The number of ether oxygens (including phenoxy) is 1. The fourth-order valence-corrected chi connectivity index (χ4v) is 4.54. The SMILES string of the molecule is NC(=O)c1cccc2c1Oc1ccccc1C2=C1CC2CCC(C1)N2. The minimum Gasteiger partial charge on any atom is -0.455 e. The van der Waals surface area contributed by atoms with Gasteiger partial charge in [0.25, 0.3) is 5.91 Å². The standard InChI is InChI=1S/C21H20N2O2/c22-21(24)17-6-3-5-16-19(12-10-13-8-9-14(11-12)23-13)15-4-1-2-7-18(15)25-20(16)17/h1-7,13-14,23H,8-11H2,(H2,22,24). The minimum atomic E-state index is -0.453. The smallest absolute Gasteiger partial charge is 0.252 e. The molecular weight excluding hydrogens is 312 g/mol. The Bertz CT molecular complexity index is 902. The Labute approximate surface area is 146 Å². The molecule has 2 unspecified atom stereocenters. The average Bonchev–Trinajstić information content (AvgIpc) is 2.96. The number of hydrogen-bond acceptors (Lipinski definition) is 3. The van der Waals surface area contributed by atoms with Gasteiger partial charge in [-0.2, -0.15) is 0 Å². The van der Waals surface area contributed by atoms with Crippen LogP contribution in [0.25, 0.3) is 5.57 Å². The summed E-state index contributed by atoms with van der Waals surface area (Å²) in [5.74, 6) is 0.949. The molecule has 3 aliphatic heterocycles. The van der Waals surface area contributed by atoms with Gasteiger partial charge in [-0.1, -0.05) is 35.9 Å². The summed E-state index contributed by atoms with van der Waals surface area (Å²) in [4.78, 5) is 11.9. The van der Waals surface area contributed by atoms with Gasteiger partial charge in [-0.25, -0.2) is 0 Å². The molecule has 0 spiro atoms. The third-order valence-electron chi connectivity index (χ3n) is 5.59. The van der Waals surface area contributed by atoms with Crippen LogP contribution < -0.4 is 15.8 Å². The predicted octanol–water partition coefficient (Wildman–Crippen LogP) is 3.61. The topological polar surface area (TPSA) is 64.4 Å². The number of amides is 1. The van der Waals surface area contributed by atoms with Crippen LogP contribution in [-0.4, -0.2) is 18.0 Å². The maximum Gasteiger partial charge on any atom is 0.252 e. The second kappa shape index (κ2) is 5.46. The van der Waals surface area contributed by atoms with Crippen molar-refractivity contribution in [1.29, 1.82) is 0 Å². The zero-order chi connectivity index (χ0) is 17.0. The van der Waals surface area contributed by atoms with Crippen molar-refractivity contribution < 1.29 is 9.53 Å². The Hall–Kier alpha value is -2.59. The molecule has 4 heteroatoms. The minimum absolute atomic E-state index is 0.446. The molecule has 2 bridgehead atoms. The molecule has 4 nitrogen and oxygen atoms in total. The van der Waals surface area contributed by atoms with E-state index in [0.29, 0.717) is 23.4 Å². The van der Waals surface area contributed by atoms with Crippen molar-refractivity contribution in [2.75, 3.05) is 0 Å². The van der Waals surface area contributed by atoms with E-state index in [2.05, 4.69) is 11.4 Å². The number of hydrogen-bond donors (Lipinski definition) is 2. The molecule has 5 rings (SSSR count). The van der Waals surface area contributed by atoms with E-state index in [1.165, 1.54) is 24.0 Å². The number of para-hydroxylation sites is 2. The molecule has 126 valence electrons. The first kappa shape index (κ1) is 14.7. The molecule has 25 heavy (non-hydrogen) atoms. The van der Waals surface area contributed by atoms with Crippen molar-refractivity contribution in [1.82, 2.24) is 5.32 Å². The van der Waals surface area contributed by atoms with Crippen molar-refractivity contribution in [3.05, 3.63) is 64.7 Å². The molecule has 3 aliphatic rings. The molecule has 0 radical (unpaired) electrons. The zero-order valence-electron chi connectivity index (χ0n) is 13.9. The molecule has 2 aromatic rings. The van der Waals surface area contributed by atoms with Gasteiger partial charge in [0, 0.05) is 23.2 Å². The molecular formula is C21H20N2O2. The molecule has 0 aliphatic carbocycles. The lowest BCUT2D eigenvalue weighted by molar-refractivity contribution is 0.0998. The highest BCUT2D eigenvalue weighted by Crippen LogP contribution is 2.48. The number of rotatable bonds is 1. The number of carbonyl (C=O) groups excluding carboxylic acids is 1. The Morgan fingerprint density at radius 2 is 1.72 bits per heavy atom. The summed E-state index contributed by atoms with van der Waals surface area (Å²) in [7, 11) is 0. The van der Waals surface area contributed by atoms with Crippen LogP contribution in [0.5, 0.6) is 11.5 Å². The van der Waals surface area contributed by atoms with E-state index in [0.717, 1.165) is 29.7 Å². The van der Waals surface area contributed by atoms with Crippen molar-refractivity contribution in [2.24, 2.45) is 5.73 Å². The highest BCUT2D eigenvalue weighted by atomic mass is 16.5. The first-order valence-corrected chi connectivity index (χ1v) is 8.89. The van der Waals surface area contributed by atoms with Crippen LogP contribution in [0.4, 0.5) is 0 Å². The molecule has 2 fully saturated rings. The largest absolute Gasteiger partial charge is 0.455 e. The zero-order valence-corrected chi connectivity index (χ0v) is 13.9. The molecule has 2 atom stereocenters. The van der Waals surface area contributed by atoms with E-state index < -0.39 is 5.91 Å². The lowest BCUT2D eigenvalue weighted by Crippen LogP contribution is -2.35. The Morgan fingerprint density at radius 3 is 2.48 bits per heavy atom. The van der Waals surface area contributed by atoms with E-state index in [-0.39, 0.29) is 0 Å². The summed E-state index contributed by atoms with van der Waals surface area (Å²) in [6, 6.07) is 14.9. The number of carbonyl (C=O) groups is 1. The second-order valence-electron chi connectivity index (χ2n) is 7.17. The van der Waals surface area contributed by atoms with Gasteiger partial charge in [0.05, 0.1) is 5.56 Å². The van der Waals surface area contributed by atoms with Crippen LogP contribution in [0.1, 0.15) is 47.2 Å². The highest BCUT2D eigenvalue weighted by Gasteiger charge is 2.34. The van der Waals surface area contributed by atoms with Crippen LogP contribution in [0, 0.1) is 0 Å². The van der Waals surface area contributed by atoms with Gasteiger partial charge >= 0.3 is 0 Å². The normalized spacial score (nSPS) is 23.7. The van der Waals surface area contributed by atoms with Crippen molar-refractivity contribution in [3.63, 3.8) is 0 Å². The van der Waals surface area contributed by atoms with Crippen molar-refractivity contribution in [3.8, 4) is 11.5 Å². The number of fused-ring (bicyclic) bond motifs is 4. The molecule has 2 saturated heterocycles. The van der Waals surface area contributed by atoms with Gasteiger partial charge in [-0.3, -0.25) is 4.79 Å². The van der Waals surface area contributed by atoms with Gasteiger partial charge in [-0.15, -0.1) is 0 Å².